The molecule has 0 aliphatic heterocycles. The predicted octanol–water partition coefficient (Wildman–Crippen LogP) is 3.09. The van der Waals surface area contributed by atoms with E-state index in [-0.39, 0.29) is 0 Å². The van der Waals surface area contributed by atoms with Crippen molar-refractivity contribution in [2.45, 2.75) is 0 Å². The number of ether oxygens (including phenoxy) is 1. The minimum Gasteiger partial charge on any atom is -0.452 e. The fourth-order valence-electron chi connectivity index (χ4n) is 1.28. The normalized spacial score (nSPS) is 9.65. The lowest BCUT2D eigenvalue weighted by Crippen LogP contribution is -1.94. The second-order valence-electron chi connectivity index (χ2n) is 3.27. The molecule has 0 atom stereocenters. The minimum atomic E-state index is 0.393. The van der Waals surface area contributed by atoms with Crippen molar-refractivity contribution in [3.05, 3.63) is 46.7 Å². The Kier molecular flexibility index (Phi) is 3.26. The van der Waals surface area contributed by atoms with Crippen molar-refractivity contribution in [2.24, 2.45) is 0 Å². The topological polar surface area (TPSA) is 71.9 Å². The lowest BCUT2D eigenvalue weighted by Gasteiger charge is -2.09. The van der Waals surface area contributed by atoms with Gasteiger partial charge in [-0.2, -0.15) is 5.26 Å². The first kappa shape index (κ1) is 11.4. The summed E-state index contributed by atoms with van der Waals surface area (Å²) in [5, 5.41) is 8.91. The molecule has 4 nitrogen and oxygen atoms in total. The Morgan fingerprint density at radius 3 is 2.82 bits per heavy atom. The highest BCUT2D eigenvalue weighted by Crippen LogP contribution is 2.30. The summed E-state index contributed by atoms with van der Waals surface area (Å²) in [4.78, 5) is 3.91. The van der Waals surface area contributed by atoms with Gasteiger partial charge in [-0.3, -0.25) is 4.98 Å². The summed E-state index contributed by atoms with van der Waals surface area (Å²) >= 11 is 3.31. The largest absolute Gasteiger partial charge is 0.452 e. The third-order valence-corrected chi connectivity index (χ3v) is 2.59. The van der Waals surface area contributed by atoms with Crippen molar-refractivity contribution in [1.29, 1.82) is 5.26 Å². The Balaban J connectivity index is 2.35. The Hall–Kier alpha value is -2.06. The number of halogens is 1. The van der Waals surface area contributed by atoms with Crippen molar-refractivity contribution in [3.8, 4) is 17.6 Å². The van der Waals surface area contributed by atoms with Gasteiger partial charge in [-0.25, -0.2) is 0 Å². The van der Waals surface area contributed by atoms with Crippen LogP contribution >= 0.6 is 15.9 Å². The minimum absolute atomic E-state index is 0.393. The van der Waals surface area contributed by atoms with Gasteiger partial charge in [-0.1, -0.05) is 15.9 Å². The zero-order valence-electron chi connectivity index (χ0n) is 8.72. The molecule has 5 heteroatoms. The SMILES string of the molecule is N#Cc1ccncc1Oc1ccc(Br)cc1N. The number of nitriles is 1. The third-order valence-electron chi connectivity index (χ3n) is 2.10. The standard InChI is InChI=1S/C12H8BrN3O/c13-9-1-2-11(10(15)5-9)17-12-7-16-4-3-8(12)6-14/h1-5,7H,15H2. The van der Waals surface area contributed by atoms with Gasteiger partial charge in [0.2, 0.25) is 0 Å². The molecule has 0 aliphatic rings. The molecule has 0 spiro atoms. The van der Waals surface area contributed by atoms with Crippen LogP contribution in [0.3, 0.4) is 0 Å². The van der Waals surface area contributed by atoms with E-state index in [1.54, 1.807) is 18.2 Å². The first-order chi connectivity index (χ1) is 8.20. The van der Waals surface area contributed by atoms with E-state index in [1.807, 2.05) is 12.1 Å². The van der Waals surface area contributed by atoms with Crippen LogP contribution in [-0.4, -0.2) is 4.98 Å². The Labute approximate surface area is 107 Å². The Morgan fingerprint density at radius 1 is 1.29 bits per heavy atom. The fraction of sp³-hybridized carbons (Fsp3) is 0. The van der Waals surface area contributed by atoms with Gasteiger partial charge in [0.25, 0.3) is 0 Å². The summed E-state index contributed by atoms with van der Waals surface area (Å²) in [5.74, 6) is 0.890. The number of nitrogen functional groups attached to an aromatic ring is 1. The van der Waals surface area contributed by atoms with Crippen LogP contribution in [0.15, 0.2) is 41.1 Å². The summed E-state index contributed by atoms with van der Waals surface area (Å²) in [6.07, 6.45) is 3.02. The average molecular weight is 290 g/mol. The number of pyridine rings is 1. The van der Waals surface area contributed by atoms with Crippen molar-refractivity contribution in [3.63, 3.8) is 0 Å². The van der Waals surface area contributed by atoms with E-state index in [9.17, 15) is 0 Å². The van der Waals surface area contributed by atoms with Crippen LogP contribution in [-0.2, 0) is 0 Å². The van der Waals surface area contributed by atoms with E-state index in [0.29, 0.717) is 22.7 Å². The lowest BCUT2D eigenvalue weighted by molar-refractivity contribution is 0.481. The van der Waals surface area contributed by atoms with Crippen LogP contribution in [0.2, 0.25) is 0 Å². The molecule has 1 aromatic carbocycles. The molecular weight excluding hydrogens is 282 g/mol. The Morgan fingerprint density at radius 2 is 2.12 bits per heavy atom. The first-order valence-electron chi connectivity index (χ1n) is 4.77. The average Bonchev–Trinajstić information content (AvgIpc) is 2.33. The molecule has 1 aromatic heterocycles. The molecule has 0 amide bonds. The van der Waals surface area contributed by atoms with Gasteiger partial charge in [-0.15, -0.1) is 0 Å². The molecular formula is C12H8BrN3O. The summed E-state index contributed by atoms with van der Waals surface area (Å²) in [5.41, 5.74) is 6.71. The zero-order chi connectivity index (χ0) is 12.3. The van der Waals surface area contributed by atoms with Gasteiger partial charge in [0.05, 0.1) is 17.4 Å². The molecule has 2 rings (SSSR count). The second kappa shape index (κ2) is 4.85. The van der Waals surface area contributed by atoms with Gasteiger partial charge in [-0.05, 0) is 24.3 Å². The number of nitrogens with two attached hydrogens (primary N) is 1. The molecule has 0 aliphatic carbocycles. The summed E-state index contributed by atoms with van der Waals surface area (Å²) in [6.45, 7) is 0. The van der Waals surface area contributed by atoms with Crippen LogP contribution in [0.25, 0.3) is 0 Å². The molecule has 0 bridgehead atoms. The molecule has 17 heavy (non-hydrogen) atoms. The maximum Gasteiger partial charge on any atom is 0.163 e. The van der Waals surface area contributed by atoms with Crippen LogP contribution in [0.1, 0.15) is 5.56 Å². The van der Waals surface area contributed by atoms with Gasteiger partial charge in [0.15, 0.2) is 11.5 Å². The maximum atomic E-state index is 8.91. The van der Waals surface area contributed by atoms with E-state index in [4.69, 9.17) is 15.7 Å². The monoisotopic (exact) mass is 289 g/mol. The highest BCUT2D eigenvalue weighted by Gasteiger charge is 2.07. The number of nitrogens with zero attached hydrogens (tertiary/aromatic N) is 2. The Bertz CT molecular complexity index is 593. The van der Waals surface area contributed by atoms with Crippen molar-refractivity contribution < 1.29 is 4.74 Å². The van der Waals surface area contributed by atoms with Crippen molar-refractivity contribution >= 4 is 21.6 Å². The van der Waals surface area contributed by atoms with Crippen LogP contribution < -0.4 is 10.5 Å². The van der Waals surface area contributed by atoms with Gasteiger partial charge < -0.3 is 10.5 Å². The number of hydrogen-bond acceptors (Lipinski definition) is 4. The van der Waals surface area contributed by atoms with Crippen LogP contribution in [0.4, 0.5) is 5.69 Å². The molecule has 0 unspecified atom stereocenters. The van der Waals surface area contributed by atoms with Gasteiger partial charge in [0.1, 0.15) is 6.07 Å². The van der Waals surface area contributed by atoms with E-state index in [0.717, 1.165) is 4.47 Å². The highest BCUT2D eigenvalue weighted by atomic mass is 79.9. The van der Waals surface area contributed by atoms with E-state index >= 15 is 0 Å². The molecule has 2 aromatic rings. The van der Waals surface area contributed by atoms with Gasteiger partial charge in [0, 0.05) is 10.7 Å². The number of aromatic nitrogens is 1. The molecule has 84 valence electrons. The molecule has 1 heterocycles. The highest BCUT2D eigenvalue weighted by molar-refractivity contribution is 9.10. The van der Waals surface area contributed by atoms with E-state index < -0.39 is 0 Å². The molecule has 0 fully saturated rings. The lowest BCUT2D eigenvalue weighted by atomic mass is 10.2. The van der Waals surface area contributed by atoms with Crippen molar-refractivity contribution in [1.82, 2.24) is 4.98 Å². The summed E-state index contributed by atoms with van der Waals surface area (Å²) in [7, 11) is 0. The van der Waals surface area contributed by atoms with Crippen LogP contribution in [0.5, 0.6) is 11.5 Å². The van der Waals surface area contributed by atoms with Crippen molar-refractivity contribution in [2.75, 3.05) is 5.73 Å². The molecule has 0 radical (unpaired) electrons. The summed E-state index contributed by atoms with van der Waals surface area (Å²) in [6, 6.07) is 8.90. The smallest absolute Gasteiger partial charge is 0.163 e. The molecule has 0 saturated heterocycles. The zero-order valence-corrected chi connectivity index (χ0v) is 10.3. The number of anilines is 1. The fourth-order valence-corrected chi connectivity index (χ4v) is 1.66. The number of hydrogen-bond donors (Lipinski definition) is 1. The third kappa shape index (κ3) is 2.55. The summed E-state index contributed by atoms with van der Waals surface area (Å²) < 4.78 is 6.42. The predicted molar refractivity (Wildman–Crippen MR) is 67.6 cm³/mol. The molecule has 0 saturated carbocycles. The van der Waals surface area contributed by atoms with E-state index in [1.165, 1.54) is 12.4 Å². The van der Waals surface area contributed by atoms with E-state index in [2.05, 4.69) is 20.9 Å². The van der Waals surface area contributed by atoms with Crippen LogP contribution in [0, 0.1) is 11.3 Å². The number of benzene rings is 1. The quantitative estimate of drug-likeness (QED) is 0.863. The first-order valence-corrected chi connectivity index (χ1v) is 5.57. The number of rotatable bonds is 2. The molecule has 2 N–H and O–H groups in total. The second-order valence-corrected chi connectivity index (χ2v) is 4.18. The maximum absolute atomic E-state index is 8.91. The van der Waals surface area contributed by atoms with Gasteiger partial charge >= 0.3 is 0 Å².